The highest BCUT2D eigenvalue weighted by Crippen LogP contribution is 2.65. The molecule has 0 saturated heterocycles. The van der Waals surface area contributed by atoms with E-state index in [0.29, 0.717) is 76.0 Å². The van der Waals surface area contributed by atoms with E-state index in [2.05, 4.69) is 48.6 Å². The number of rotatable bonds is 4. The zero-order chi connectivity index (χ0) is 57.6. The first-order valence-corrected chi connectivity index (χ1v) is 30.9. The zero-order valence-electron chi connectivity index (χ0n) is 44.0. The van der Waals surface area contributed by atoms with E-state index in [-0.39, 0.29) is 56.6 Å². The summed E-state index contributed by atoms with van der Waals surface area (Å²) in [5.41, 5.74) is 11.4. The Morgan fingerprint density at radius 2 is 0.857 bits per heavy atom. The first-order chi connectivity index (χ1) is 40.7. The molecule has 0 aliphatic heterocycles. The highest BCUT2D eigenvalue weighted by Gasteiger charge is 2.48. The molecule has 396 valence electrons. The summed E-state index contributed by atoms with van der Waals surface area (Å²) in [5.74, 6) is -1.16. The van der Waals surface area contributed by atoms with Crippen LogP contribution in [0.25, 0.3) is 117 Å². The second kappa shape index (κ2) is 17.6. The normalized spacial score (nSPS) is 15.9. The minimum absolute atomic E-state index is 0.156. The Labute approximate surface area is 499 Å². The first kappa shape index (κ1) is 50.4. The van der Waals surface area contributed by atoms with Gasteiger partial charge in [0.15, 0.2) is 11.6 Å². The van der Waals surface area contributed by atoms with Crippen LogP contribution in [0, 0.1) is 57.0 Å². The Morgan fingerprint density at radius 3 is 1.25 bits per heavy atom. The fraction of sp³-hybridized carbons (Fsp3) is 0.0909. The molecule has 0 unspecified atom stereocenters. The van der Waals surface area contributed by atoms with Crippen LogP contribution in [0.4, 0.5) is 8.78 Å². The average molecular weight is 1200 g/mol. The quantitative estimate of drug-likeness (QED) is 0.121. The Kier molecular flexibility index (Phi) is 10.6. The molecule has 0 spiro atoms. The molecule has 6 heterocycles. The molecule has 4 aliphatic carbocycles. The summed E-state index contributed by atoms with van der Waals surface area (Å²) in [4.78, 5) is 31.0. The van der Waals surface area contributed by atoms with Crippen molar-refractivity contribution in [2.24, 2.45) is 0 Å². The predicted octanol–water partition coefficient (Wildman–Crippen LogP) is 17.8. The van der Waals surface area contributed by atoms with Gasteiger partial charge in [-0.15, -0.1) is 45.3 Å². The van der Waals surface area contributed by atoms with Crippen LogP contribution in [0.3, 0.4) is 0 Å². The fourth-order valence-electron chi connectivity index (χ4n) is 13.1. The summed E-state index contributed by atoms with van der Waals surface area (Å²) >= 11 is 7.93. The summed E-state index contributed by atoms with van der Waals surface area (Å²) < 4.78 is 57.2. The van der Waals surface area contributed by atoms with Gasteiger partial charge in [-0.2, -0.15) is 38.5 Å². The van der Waals surface area contributed by atoms with Crippen LogP contribution in [0.2, 0.25) is 0 Å². The number of nitrogens with zero attached hydrogens (tertiary/aromatic N) is 8. The molecule has 0 saturated carbocycles. The topological polar surface area (TPSA) is 181 Å². The van der Waals surface area contributed by atoms with Crippen LogP contribution in [0.5, 0.6) is 0 Å². The van der Waals surface area contributed by atoms with Gasteiger partial charge in [-0.25, -0.2) is 8.78 Å². The highest BCUT2D eigenvalue weighted by atomic mass is 32.1. The van der Waals surface area contributed by atoms with E-state index in [1.54, 1.807) is 83.4 Å². The number of allylic oxidation sites excluding steroid dienone is 6. The Bertz CT molecular complexity index is 5150. The zero-order valence-corrected chi connectivity index (χ0v) is 48.9. The monoisotopic (exact) mass is 1200 g/mol. The molecular formula is C66H30F2N8O2S6. The number of benzene rings is 6. The molecule has 0 radical (unpaired) electrons. The molecular weight excluding hydrogens is 1170 g/mol. The lowest BCUT2D eigenvalue weighted by molar-refractivity contribution is 0.103. The Balaban J connectivity index is 0.759. The second-order valence-electron chi connectivity index (χ2n) is 21.9. The molecule has 0 N–H and O–H groups in total. The molecule has 6 aromatic carbocycles. The second-order valence-corrected chi connectivity index (χ2v) is 27.1. The highest BCUT2D eigenvalue weighted by molar-refractivity contribution is 7.32. The van der Waals surface area contributed by atoms with Gasteiger partial charge in [0, 0.05) is 97.1 Å². The lowest BCUT2D eigenvalue weighted by atomic mass is 9.81. The Hall–Kier alpha value is -9.34. The molecule has 0 bridgehead atoms. The van der Waals surface area contributed by atoms with Gasteiger partial charge in [-0.1, -0.05) is 100 Å². The maximum atomic E-state index is 17.7. The van der Waals surface area contributed by atoms with Crippen molar-refractivity contribution in [2.45, 2.75) is 38.5 Å². The molecule has 16 rings (SSSR count). The number of nitriles is 4. The lowest BCUT2D eigenvalue weighted by Gasteiger charge is -2.22. The lowest BCUT2D eigenvalue weighted by Crippen LogP contribution is -2.16. The van der Waals surface area contributed by atoms with E-state index >= 15 is 8.78 Å². The smallest absolute Gasteiger partial charge is 0.194 e. The molecule has 18 heteroatoms. The molecule has 12 aromatic rings. The van der Waals surface area contributed by atoms with Crippen molar-refractivity contribution in [2.75, 3.05) is 0 Å². The number of carbonyl (C=O) groups is 2. The minimum atomic E-state index is -0.603. The summed E-state index contributed by atoms with van der Waals surface area (Å²) in [6, 6.07) is 37.5. The third-order valence-electron chi connectivity index (χ3n) is 17.0. The van der Waals surface area contributed by atoms with Gasteiger partial charge in [-0.05, 0) is 80.6 Å². The van der Waals surface area contributed by atoms with E-state index in [4.69, 9.17) is 8.75 Å². The third-order valence-corrected chi connectivity index (χ3v) is 22.9. The summed E-state index contributed by atoms with van der Waals surface area (Å²) in [5, 5.41) is 41.1. The number of Topliss-reactive ketones (excluding diaryl/α,β-unsaturated/α-hetero) is 2. The number of carbonyl (C=O) groups excluding carboxylic acids is 2. The van der Waals surface area contributed by atoms with Crippen LogP contribution in [-0.2, 0) is 10.8 Å². The first-order valence-electron chi connectivity index (χ1n) is 26.1. The molecule has 0 fully saturated rings. The van der Waals surface area contributed by atoms with Crippen molar-refractivity contribution in [1.82, 2.24) is 17.5 Å². The van der Waals surface area contributed by atoms with E-state index in [1.807, 2.05) is 60.7 Å². The van der Waals surface area contributed by atoms with Crippen LogP contribution < -0.4 is 0 Å². The molecule has 84 heavy (non-hydrogen) atoms. The van der Waals surface area contributed by atoms with Gasteiger partial charge in [-0.3, -0.25) is 9.59 Å². The van der Waals surface area contributed by atoms with Gasteiger partial charge in [0.05, 0.1) is 42.3 Å². The van der Waals surface area contributed by atoms with E-state index < -0.39 is 10.8 Å². The predicted molar refractivity (Wildman–Crippen MR) is 332 cm³/mol. The van der Waals surface area contributed by atoms with Gasteiger partial charge in [0.1, 0.15) is 69.1 Å². The van der Waals surface area contributed by atoms with Crippen LogP contribution in [0.1, 0.15) is 92.9 Å². The fourth-order valence-corrected chi connectivity index (χ4v) is 20.1. The van der Waals surface area contributed by atoms with Gasteiger partial charge in [0.2, 0.25) is 0 Å². The average Bonchev–Trinajstić information content (AvgIpc) is 1.55. The number of fused-ring (bicyclic) bond motifs is 15. The number of halogens is 2. The number of hydrogen-bond donors (Lipinski definition) is 0. The van der Waals surface area contributed by atoms with E-state index in [0.717, 1.165) is 96.5 Å². The standard InChI is InChI=1S/C66H30F2N8O2S6/c1-65(2)41-19-29-21-43(37-15-13-27(53-55(37)75-83-73-53)17-39-45(31(23-69)24-70)33-9-5-7-11-35(33)57(39)77)79-59(29)51(67)47(41)61-49(65)63-64(81-61)50-62(82-63)48-42(66(50,3)4)20-30-22-44(80-60(30)52(48)68)38-16-14-28(54-56(38)76-84-74-54)18-40-46(32(25-71)26-72)34-10-6-8-12-36(34)58(40)78/h5-22H,1-4H3/b39-17-,40-18-. The van der Waals surface area contributed by atoms with Crippen LogP contribution in [0.15, 0.2) is 119 Å². The Morgan fingerprint density at radius 1 is 0.476 bits per heavy atom. The van der Waals surface area contributed by atoms with Crippen LogP contribution >= 0.6 is 68.8 Å². The summed E-state index contributed by atoms with van der Waals surface area (Å²) in [7, 11) is 0. The SMILES string of the molecule is CC1(C)c2cc3cc(-c4ccc(/C=C5\C(=O)c6ccccc6C5=C(C#N)C#N)c5nsnc45)sc3c(F)c2-c2sc3c4c(sc3c21)-c1c(cc2cc(-c3ccc(/C=C5\C(=O)c6ccccc6C5=C(C#N)C#N)c5nsnc35)sc2c1F)C4(C)C. The van der Waals surface area contributed by atoms with Crippen molar-refractivity contribution >= 4 is 155 Å². The molecule has 6 aromatic heterocycles. The minimum Gasteiger partial charge on any atom is -0.289 e. The van der Waals surface area contributed by atoms with Gasteiger partial charge < -0.3 is 0 Å². The van der Waals surface area contributed by atoms with Crippen molar-refractivity contribution in [3.63, 3.8) is 0 Å². The van der Waals surface area contributed by atoms with Crippen molar-refractivity contribution < 1.29 is 18.4 Å². The van der Waals surface area contributed by atoms with Crippen LogP contribution in [-0.4, -0.2) is 29.1 Å². The van der Waals surface area contributed by atoms with Crippen molar-refractivity contribution in [3.05, 3.63) is 187 Å². The summed E-state index contributed by atoms with van der Waals surface area (Å²) in [6.07, 6.45) is 3.35. The molecule has 10 nitrogen and oxygen atoms in total. The van der Waals surface area contributed by atoms with E-state index in [9.17, 15) is 30.6 Å². The van der Waals surface area contributed by atoms with Crippen molar-refractivity contribution in [1.29, 1.82) is 21.0 Å². The number of ketones is 2. The summed E-state index contributed by atoms with van der Waals surface area (Å²) in [6.45, 7) is 8.57. The molecule has 0 atom stereocenters. The van der Waals surface area contributed by atoms with Gasteiger partial charge >= 0.3 is 0 Å². The van der Waals surface area contributed by atoms with E-state index in [1.165, 1.54) is 22.7 Å². The molecule has 4 aliphatic rings. The van der Waals surface area contributed by atoms with Crippen molar-refractivity contribution in [3.8, 4) is 66.0 Å². The maximum absolute atomic E-state index is 17.7. The number of aromatic nitrogens is 4. The largest absolute Gasteiger partial charge is 0.289 e. The number of hydrogen-bond acceptors (Lipinski definition) is 16. The third kappa shape index (κ3) is 6.55. The maximum Gasteiger partial charge on any atom is 0.194 e. The number of thiophene rings is 4. The molecule has 0 amide bonds. The van der Waals surface area contributed by atoms with Gasteiger partial charge in [0.25, 0.3) is 0 Å².